The lowest BCUT2D eigenvalue weighted by atomic mass is 9.70. The number of aliphatic hydroxyl groups excluding tert-OH is 2. The lowest BCUT2D eigenvalue weighted by Gasteiger charge is -2.43. The van der Waals surface area contributed by atoms with Gasteiger partial charge in [-0.15, -0.1) is 0 Å². The van der Waals surface area contributed by atoms with Crippen molar-refractivity contribution >= 4 is 30.5 Å². The van der Waals surface area contributed by atoms with Crippen molar-refractivity contribution in [3.63, 3.8) is 0 Å². The van der Waals surface area contributed by atoms with Gasteiger partial charge in [0.1, 0.15) is 18.3 Å². The second-order valence-corrected chi connectivity index (χ2v) is 10.3. The van der Waals surface area contributed by atoms with Crippen LogP contribution in [0.3, 0.4) is 0 Å². The van der Waals surface area contributed by atoms with Gasteiger partial charge in [-0.05, 0) is 18.4 Å². The molecule has 2 fully saturated rings. The zero-order valence-electron chi connectivity index (χ0n) is 19.0. The SMILES string of the molecule is Nc1ccn(C[C@H]2COP(=O)(O)CO2)c(=O)n1.Nc1nc2c(ncn2[C@@H]2C[C@H](CO)[C@H]2CO)c(=O)[nH]1. The Morgan fingerprint density at radius 1 is 1.22 bits per heavy atom. The van der Waals surface area contributed by atoms with Gasteiger partial charge >= 0.3 is 13.3 Å². The monoisotopic (exact) mass is 526 g/mol. The Labute approximate surface area is 203 Å². The van der Waals surface area contributed by atoms with Gasteiger partial charge in [-0.2, -0.15) is 9.97 Å². The van der Waals surface area contributed by atoms with E-state index in [9.17, 15) is 24.4 Å². The van der Waals surface area contributed by atoms with Crippen LogP contribution in [0.1, 0.15) is 12.5 Å². The number of rotatable bonds is 5. The van der Waals surface area contributed by atoms with Crippen molar-refractivity contribution in [2.24, 2.45) is 11.8 Å². The normalized spacial score (nSPS) is 27.8. The first kappa shape index (κ1) is 25.9. The Morgan fingerprint density at radius 2 is 2.00 bits per heavy atom. The minimum atomic E-state index is -3.59. The summed E-state index contributed by atoms with van der Waals surface area (Å²) in [7, 11) is -3.59. The highest BCUT2D eigenvalue weighted by Gasteiger charge is 2.42. The summed E-state index contributed by atoms with van der Waals surface area (Å²) in [5.74, 6) is 0.209. The second kappa shape index (κ2) is 10.5. The van der Waals surface area contributed by atoms with E-state index in [4.69, 9.17) is 25.6 Å². The molecule has 0 spiro atoms. The number of H-pyrrole nitrogens is 1. The largest absolute Gasteiger partial charge is 0.396 e. The van der Waals surface area contributed by atoms with Crippen LogP contribution in [-0.4, -0.2) is 76.4 Å². The molecule has 8 N–H and O–H groups in total. The molecule has 5 rings (SSSR count). The molecule has 5 atom stereocenters. The molecule has 4 heterocycles. The number of ether oxygens (including phenoxy) is 1. The molecule has 2 aliphatic rings. The zero-order valence-corrected chi connectivity index (χ0v) is 19.9. The molecule has 196 valence electrons. The van der Waals surface area contributed by atoms with Crippen LogP contribution >= 0.6 is 7.60 Å². The number of nitrogens with two attached hydrogens (primary N) is 2. The zero-order chi connectivity index (χ0) is 26.0. The summed E-state index contributed by atoms with van der Waals surface area (Å²) in [6.07, 6.45) is 2.93. The van der Waals surface area contributed by atoms with Gasteiger partial charge in [-0.3, -0.25) is 18.9 Å². The predicted octanol–water partition coefficient (Wildman–Crippen LogP) is -1.75. The first-order valence-electron chi connectivity index (χ1n) is 11.0. The highest BCUT2D eigenvalue weighted by atomic mass is 31.2. The number of nitrogens with zero attached hydrogens (tertiary/aromatic N) is 5. The quantitative estimate of drug-likeness (QED) is 0.202. The van der Waals surface area contributed by atoms with Crippen LogP contribution in [0.4, 0.5) is 11.8 Å². The Balaban J connectivity index is 0.000000170. The van der Waals surface area contributed by atoms with E-state index in [1.54, 1.807) is 4.57 Å². The van der Waals surface area contributed by atoms with E-state index in [-0.39, 0.29) is 73.4 Å². The van der Waals surface area contributed by atoms with E-state index in [0.29, 0.717) is 5.65 Å². The fourth-order valence-corrected chi connectivity index (χ4v) is 5.03. The summed E-state index contributed by atoms with van der Waals surface area (Å²) in [5, 5.41) is 18.6. The van der Waals surface area contributed by atoms with Crippen molar-refractivity contribution in [1.82, 2.24) is 29.1 Å². The molecule has 0 bridgehead atoms. The molecule has 3 aromatic rings. The summed E-state index contributed by atoms with van der Waals surface area (Å²) in [6.45, 7) is 0.190. The summed E-state index contributed by atoms with van der Waals surface area (Å²) in [5.41, 5.74) is 10.7. The van der Waals surface area contributed by atoms with E-state index in [1.165, 1.54) is 23.2 Å². The smallest absolute Gasteiger partial charge is 0.353 e. The Kier molecular flexibility index (Phi) is 7.54. The maximum absolute atomic E-state index is 11.7. The highest BCUT2D eigenvalue weighted by Crippen LogP contribution is 2.45. The molecule has 1 aliphatic heterocycles. The molecule has 1 saturated heterocycles. The van der Waals surface area contributed by atoms with Crippen LogP contribution in [-0.2, 0) is 20.4 Å². The third kappa shape index (κ3) is 5.48. The van der Waals surface area contributed by atoms with E-state index in [1.807, 2.05) is 0 Å². The van der Waals surface area contributed by atoms with Crippen LogP contribution in [0.2, 0.25) is 0 Å². The molecular formula is C19H27N8O8P. The molecule has 0 amide bonds. The van der Waals surface area contributed by atoms with Gasteiger partial charge in [-0.1, -0.05) is 0 Å². The fourth-order valence-electron chi connectivity index (χ4n) is 4.15. The van der Waals surface area contributed by atoms with Gasteiger partial charge in [0.2, 0.25) is 5.95 Å². The first-order valence-corrected chi connectivity index (χ1v) is 12.7. The highest BCUT2D eigenvalue weighted by molar-refractivity contribution is 7.52. The number of hydrogen-bond donors (Lipinski definition) is 6. The van der Waals surface area contributed by atoms with Gasteiger partial charge in [0, 0.05) is 31.4 Å². The minimum absolute atomic E-state index is 0.0131. The fraction of sp³-hybridized carbons (Fsp3) is 0.526. The number of anilines is 2. The third-order valence-electron chi connectivity index (χ3n) is 6.13. The Bertz CT molecular complexity index is 1380. The van der Waals surface area contributed by atoms with Gasteiger partial charge in [-0.25, -0.2) is 9.78 Å². The van der Waals surface area contributed by atoms with Crippen LogP contribution in [0.15, 0.2) is 28.2 Å². The number of aliphatic hydroxyl groups is 2. The number of nitrogens with one attached hydrogen (secondary N) is 1. The molecule has 0 aromatic carbocycles. The third-order valence-corrected chi connectivity index (χ3v) is 7.16. The Hall–Kier alpha value is -3.14. The molecule has 1 unspecified atom stereocenters. The molecule has 36 heavy (non-hydrogen) atoms. The summed E-state index contributed by atoms with van der Waals surface area (Å²) in [6, 6.07) is 1.48. The van der Waals surface area contributed by atoms with Gasteiger partial charge < -0.3 is 40.4 Å². The molecule has 3 aromatic heterocycles. The lowest BCUT2D eigenvalue weighted by molar-refractivity contribution is -0.00859. The second-order valence-electron chi connectivity index (χ2n) is 8.51. The van der Waals surface area contributed by atoms with Crippen molar-refractivity contribution in [2.45, 2.75) is 25.1 Å². The number of nitrogen functional groups attached to an aromatic ring is 2. The topological polar surface area (TPSA) is 247 Å². The average molecular weight is 526 g/mol. The van der Waals surface area contributed by atoms with Crippen LogP contribution in [0.25, 0.3) is 11.2 Å². The van der Waals surface area contributed by atoms with Crippen LogP contribution < -0.4 is 22.7 Å². The van der Waals surface area contributed by atoms with E-state index >= 15 is 0 Å². The molecule has 17 heteroatoms. The van der Waals surface area contributed by atoms with Gasteiger partial charge in [0.15, 0.2) is 11.2 Å². The van der Waals surface area contributed by atoms with Gasteiger partial charge in [0.05, 0.1) is 19.5 Å². The van der Waals surface area contributed by atoms with Crippen molar-refractivity contribution < 1.29 is 28.9 Å². The van der Waals surface area contributed by atoms with Gasteiger partial charge in [0.25, 0.3) is 5.56 Å². The summed E-state index contributed by atoms with van der Waals surface area (Å²) >= 11 is 0. The van der Waals surface area contributed by atoms with Crippen molar-refractivity contribution in [1.29, 1.82) is 0 Å². The molecule has 1 aliphatic carbocycles. The summed E-state index contributed by atoms with van der Waals surface area (Å²) < 4.78 is 24.0. The number of fused-ring (bicyclic) bond motifs is 1. The van der Waals surface area contributed by atoms with E-state index in [2.05, 4.69) is 19.9 Å². The lowest BCUT2D eigenvalue weighted by Crippen LogP contribution is -2.42. The number of hydrogen-bond acceptors (Lipinski definition) is 12. The number of imidazole rings is 1. The molecule has 16 nitrogen and oxygen atoms in total. The van der Waals surface area contributed by atoms with Crippen molar-refractivity contribution in [3.8, 4) is 0 Å². The van der Waals surface area contributed by atoms with E-state index < -0.39 is 19.4 Å². The average Bonchev–Trinajstić information content (AvgIpc) is 3.21. The number of aromatic amines is 1. The summed E-state index contributed by atoms with van der Waals surface area (Å²) in [4.78, 5) is 46.2. The molecule has 1 saturated carbocycles. The van der Waals surface area contributed by atoms with E-state index in [0.717, 1.165) is 6.42 Å². The molecule has 0 radical (unpaired) electrons. The van der Waals surface area contributed by atoms with Crippen molar-refractivity contribution in [2.75, 3.05) is 37.6 Å². The standard InChI is InChI=1S/C11H15N5O3.C8H12N3O5P/c12-11-14-9-8(10(19)15-11)13-4-16(9)7-1-5(2-17)6(7)3-18;9-7-1-2-11(8(12)10-7)3-6-4-16-17(13,14)5-15-6/h4-7,17-18H,1-3H2,(H3,12,14,15,19);1-2,6H,3-5H2,(H,13,14)(H2,9,10,12)/t5-,6-,7-;6-/m10/s1. The molecular weight excluding hydrogens is 499 g/mol. The first-order chi connectivity index (χ1) is 17.1. The Morgan fingerprint density at radius 3 is 2.64 bits per heavy atom. The van der Waals surface area contributed by atoms with Crippen LogP contribution in [0.5, 0.6) is 0 Å². The number of aromatic nitrogens is 6. The van der Waals surface area contributed by atoms with Crippen LogP contribution in [0, 0.1) is 11.8 Å². The van der Waals surface area contributed by atoms with Crippen molar-refractivity contribution in [3.05, 3.63) is 39.4 Å². The maximum atomic E-state index is 11.7. The predicted molar refractivity (Wildman–Crippen MR) is 126 cm³/mol. The maximum Gasteiger partial charge on any atom is 0.353 e. The minimum Gasteiger partial charge on any atom is -0.396 e.